The molecule has 1 aromatic rings. The molecule has 3 atom stereocenters. The molecular weight excluding hydrogens is 258 g/mol. The third-order valence-electron chi connectivity index (χ3n) is 3.84. The van der Waals surface area contributed by atoms with Gasteiger partial charge in [0.25, 0.3) is 0 Å². The Bertz CT molecular complexity index is 425. The zero-order valence-electron chi connectivity index (χ0n) is 11.9. The Balaban J connectivity index is 2.18. The standard InChI is InChI=1S/C15H21NO4/c1-19-13-9-16(10-14(13)20-2)12(8-15(17)18)11-6-4-3-5-7-11/h3-7,12-14H,8-10H2,1-2H3,(H,17,18). The lowest BCUT2D eigenvalue weighted by Crippen LogP contribution is -2.29. The van der Waals surface area contributed by atoms with Gasteiger partial charge in [0.1, 0.15) is 0 Å². The minimum absolute atomic E-state index is 0.0139. The highest BCUT2D eigenvalue weighted by Crippen LogP contribution is 2.29. The zero-order valence-corrected chi connectivity index (χ0v) is 11.9. The van der Waals surface area contributed by atoms with Crippen LogP contribution in [0.5, 0.6) is 0 Å². The normalized spacial score (nSPS) is 24.7. The fourth-order valence-corrected chi connectivity index (χ4v) is 2.78. The van der Waals surface area contributed by atoms with E-state index in [0.717, 1.165) is 5.56 Å². The molecule has 1 N–H and O–H groups in total. The number of rotatable bonds is 6. The molecule has 1 fully saturated rings. The first kappa shape index (κ1) is 15.0. The fourth-order valence-electron chi connectivity index (χ4n) is 2.78. The lowest BCUT2D eigenvalue weighted by atomic mass is 10.0. The van der Waals surface area contributed by atoms with Crippen LogP contribution in [0.15, 0.2) is 30.3 Å². The molecule has 1 aromatic carbocycles. The molecule has 0 amide bonds. The van der Waals surface area contributed by atoms with Gasteiger partial charge in [0.15, 0.2) is 0 Å². The van der Waals surface area contributed by atoms with E-state index in [4.69, 9.17) is 14.6 Å². The van der Waals surface area contributed by atoms with Gasteiger partial charge in [-0.3, -0.25) is 9.69 Å². The van der Waals surface area contributed by atoms with Crippen LogP contribution in [0.3, 0.4) is 0 Å². The zero-order chi connectivity index (χ0) is 14.5. The average molecular weight is 279 g/mol. The molecular formula is C15H21NO4. The molecule has 1 aliphatic rings. The second kappa shape index (κ2) is 6.83. The van der Waals surface area contributed by atoms with Crippen molar-refractivity contribution < 1.29 is 19.4 Å². The van der Waals surface area contributed by atoms with E-state index in [9.17, 15) is 4.79 Å². The van der Waals surface area contributed by atoms with E-state index < -0.39 is 5.97 Å². The molecule has 1 aliphatic heterocycles. The maximum absolute atomic E-state index is 11.2. The Hall–Kier alpha value is -1.43. The summed E-state index contributed by atoms with van der Waals surface area (Å²) in [6.07, 6.45) is 0.0525. The van der Waals surface area contributed by atoms with Crippen molar-refractivity contribution in [1.82, 2.24) is 4.90 Å². The fraction of sp³-hybridized carbons (Fsp3) is 0.533. The van der Waals surface area contributed by atoms with Crippen LogP contribution in [0, 0.1) is 0 Å². The Morgan fingerprint density at radius 2 is 1.80 bits per heavy atom. The van der Waals surface area contributed by atoms with Gasteiger partial charge >= 0.3 is 5.97 Å². The summed E-state index contributed by atoms with van der Waals surface area (Å²) in [6.45, 7) is 1.36. The Kier molecular flexibility index (Phi) is 5.11. The number of carboxylic acid groups (broad SMARTS) is 1. The molecule has 1 heterocycles. The maximum atomic E-state index is 11.2. The van der Waals surface area contributed by atoms with E-state index in [2.05, 4.69) is 4.90 Å². The van der Waals surface area contributed by atoms with E-state index in [0.29, 0.717) is 13.1 Å². The molecule has 0 bridgehead atoms. The third kappa shape index (κ3) is 3.36. The number of ether oxygens (including phenoxy) is 2. The van der Waals surface area contributed by atoms with Crippen molar-refractivity contribution in [2.75, 3.05) is 27.3 Å². The van der Waals surface area contributed by atoms with E-state index >= 15 is 0 Å². The van der Waals surface area contributed by atoms with Gasteiger partial charge in [0.05, 0.1) is 18.6 Å². The minimum Gasteiger partial charge on any atom is -0.481 e. The largest absolute Gasteiger partial charge is 0.481 e. The predicted molar refractivity (Wildman–Crippen MR) is 74.6 cm³/mol. The van der Waals surface area contributed by atoms with Crippen molar-refractivity contribution in [1.29, 1.82) is 0 Å². The maximum Gasteiger partial charge on any atom is 0.305 e. The lowest BCUT2D eigenvalue weighted by molar-refractivity contribution is -0.138. The van der Waals surface area contributed by atoms with Crippen molar-refractivity contribution in [2.45, 2.75) is 24.7 Å². The highest BCUT2D eigenvalue weighted by molar-refractivity contribution is 5.68. The molecule has 2 rings (SSSR count). The number of carboxylic acids is 1. The smallest absolute Gasteiger partial charge is 0.305 e. The summed E-state index contributed by atoms with van der Waals surface area (Å²) in [5.41, 5.74) is 1.02. The first-order valence-corrected chi connectivity index (χ1v) is 6.72. The van der Waals surface area contributed by atoms with E-state index in [1.165, 1.54) is 0 Å². The summed E-state index contributed by atoms with van der Waals surface area (Å²) in [5, 5.41) is 9.16. The number of benzene rings is 1. The Labute approximate surface area is 119 Å². The number of likely N-dealkylation sites (tertiary alicyclic amines) is 1. The molecule has 5 heteroatoms. The predicted octanol–water partition coefficient (Wildman–Crippen LogP) is 1.55. The summed E-state index contributed by atoms with van der Waals surface area (Å²) < 4.78 is 10.8. The molecule has 3 unspecified atom stereocenters. The second-order valence-corrected chi connectivity index (χ2v) is 5.03. The van der Waals surface area contributed by atoms with E-state index in [1.807, 2.05) is 30.3 Å². The lowest BCUT2D eigenvalue weighted by Gasteiger charge is -2.26. The van der Waals surface area contributed by atoms with Crippen LogP contribution in [0.4, 0.5) is 0 Å². The molecule has 0 spiro atoms. The molecule has 0 aromatic heterocycles. The van der Waals surface area contributed by atoms with Crippen molar-refractivity contribution in [2.24, 2.45) is 0 Å². The van der Waals surface area contributed by atoms with Crippen LogP contribution >= 0.6 is 0 Å². The summed E-state index contributed by atoms with van der Waals surface area (Å²) in [4.78, 5) is 13.3. The van der Waals surface area contributed by atoms with Gasteiger partial charge in [-0.1, -0.05) is 30.3 Å². The molecule has 110 valence electrons. The number of carbonyl (C=O) groups is 1. The van der Waals surface area contributed by atoms with Crippen LogP contribution in [0.25, 0.3) is 0 Å². The van der Waals surface area contributed by atoms with Crippen LogP contribution in [-0.4, -0.2) is 55.5 Å². The quantitative estimate of drug-likeness (QED) is 0.856. The van der Waals surface area contributed by atoms with Crippen molar-refractivity contribution >= 4 is 5.97 Å². The summed E-state index contributed by atoms with van der Waals surface area (Å²) in [6, 6.07) is 9.59. The number of hydrogen-bond acceptors (Lipinski definition) is 4. The SMILES string of the molecule is COC1CN(C(CC(=O)O)c2ccccc2)CC1OC. The molecule has 5 nitrogen and oxygen atoms in total. The summed E-state index contributed by atoms with van der Waals surface area (Å²) >= 11 is 0. The van der Waals surface area contributed by atoms with Crippen LogP contribution in [0.2, 0.25) is 0 Å². The molecule has 20 heavy (non-hydrogen) atoms. The number of aliphatic carboxylic acids is 1. The van der Waals surface area contributed by atoms with E-state index in [-0.39, 0.29) is 24.7 Å². The summed E-state index contributed by atoms with van der Waals surface area (Å²) in [7, 11) is 3.32. The van der Waals surface area contributed by atoms with Gasteiger partial charge in [-0.25, -0.2) is 0 Å². The Morgan fingerprint density at radius 3 is 2.25 bits per heavy atom. The van der Waals surface area contributed by atoms with Crippen LogP contribution in [0.1, 0.15) is 18.0 Å². The van der Waals surface area contributed by atoms with Crippen molar-refractivity contribution in [3.8, 4) is 0 Å². The number of methoxy groups -OCH3 is 2. The number of hydrogen-bond donors (Lipinski definition) is 1. The molecule has 1 saturated heterocycles. The minimum atomic E-state index is -0.798. The Morgan fingerprint density at radius 1 is 1.25 bits per heavy atom. The van der Waals surface area contributed by atoms with Crippen molar-refractivity contribution in [3.63, 3.8) is 0 Å². The van der Waals surface area contributed by atoms with E-state index in [1.54, 1.807) is 14.2 Å². The van der Waals surface area contributed by atoms with Crippen molar-refractivity contribution in [3.05, 3.63) is 35.9 Å². The van der Waals surface area contributed by atoms with Gasteiger partial charge in [0.2, 0.25) is 0 Å². The molecule has 0 radical (unpaired) electrons. The van der Waals surface area contributed by atoms with Gasteiger partial charge in [0, 0.05) is 33.4 Å². The summed E-state index contributed by atoms with van der Waals surface area (Å²) in [5.74, 6) is -0.798. The number of nitrogens with zero attached hydrogens (tertiary/aromatic N) is 1. The first-order valence-electron chi connectivity index (χ1n) is 6.72. The second-order valence-electron chi connectivity index (χ2n) is 5.03. The highest BCUT2D eigenvalue weighted by Gasteiger charge is 2.37. The highest BCUT2D eigenvalue weighted by atomic mass is 16.5. The third-order valence-corrected chi connectivity index (χ3v) is 3.84. The van der Waals surface area contributed by atoms with Gasteiger partial charge in [-0.05, 0) is 5.56 Å². The molecule has 0 saturated carbocycles. The van der Waals surface area contributed by atoms with Gasteiger partial charge < -0.3 is 14.6 Å². The van der Waals surface area contributed by atoms with Gasteiger partial charge in [-0.2, -0.15) is 0 Å². The molecule has 0 aliphatic carbocycles. The monoisotopic (exact) mass is 279 g/mol. The first-order chi connectivity index (χ1) is 9.65. The average Bonchev–Trinajstić information content (AvgIpc) is 2.88. The van der Waals surface area contributed by atoms with Crippen LogP contribution in [-0.2, 0) is 14.3 Å². The van der Waals surface area contributed by atoms with Crippen LogP contribution < -0.4 is 0 Å². The topological polar surface area (TPSA) is 59.0 Å². The van der Waals surface area contributed by atoms with Gasteiger partial charge in [-0.15, -0.1) is 0 Å².